The maximum absolute atomic E-state index is 13.5. The summed E-state index contributed by atoms with van der Waals surface area (Å²) in [6, 6.07) is 15.6. The Morgan fingerprint density at radius 2 is 1.75 bits per heavy atom. The van der Waals surface area contributed by atoms with Crippen LogP contribution in [0.25, 0.3) is 10.8 Å². The first-order valence-corrected chi connectivity index (χ1v) is 10.7. The predicted molar refractivity (Wildman–Crippen MR) is 130 cm³/mol. The number of likely N-dealkylation sites (tertiary alicyclic amines) is 1. The SMILES string of the molecule is C=NNC(=NCCN1CCCC1)c1ccc(N)c(C(=N)c2ccc3cc(F)ccc3c2)c1. The van der Waals surface area contributed by atoms with Crippen molar-refractivity contribution in [3.05, 3.63) is 77.1 Å². The molecule has 32 heavy (non-hydrogen) atoms. The Bertz CT molecular complexity index is 1180. The minimum absolute atomic E-state index is 0.280. The number of fused-ring (bicyclic) bond motifs is 1. The third-order valence-electron chi connectivity index (χ3n) is 5.76. The first-order valence-electron chi connectivity index (χ1n) is 10.7. The molecule has 1 aliphatic heterocycles. The van der Waals surface area contributed by atoms with Crippen molar-refractivity contribution in [1.29, 1.82) is 5.41 Å². The summed E-state index contributed by atoms with van der Waals surface area (Å²) >= 11 is 0. The van der Waals surface area contributed by atoms with Crippen LogP contribution in [0.3, 0.4) is 0 Å². The van der Waals surface area contributed by atoms with E-state index in [0.717, 1.165) is 36.0 Å². The van der Waals surface area contributed by atoms with Crippen LogP contribution in [0, 0.1) is 11.2 Å². The van der Waals surface area contributed by atoms with E-state index in [-0.39, 0.29) is 5.82 Å². The van der Waals surface area contributed by atoms with Crippen molar-refractivity contribution in [2.24, 2.45) is 10.1 Å². The van der Waals surface area contributed by atoms with Gasteiger partial charge in [-0.05, 0) is 73.1 Å². The molecule has 7 heteroatoms. The Hall–Kier alpha value is -3.58. The van der Waals surface area contributed by atoms with Gasteiger partial charge in [0.15, 0.2) is 0 Å². The van der Waals surface area contributed by atoms with Crippen molar-refractivity contribution in [2.45, 2.75) is 12.8 Å². The van der Waals surface area contributed by atoms with E-state index >= 15 is 0 Å². The maximum atomic E-state index is 13.5. The number of halogens is 1. The largest absolute Gasteiger partial charge is 0.398 e. The second-order valence-electron chi connectivity index (χ2n) is 7.93. The molecule has 1 saturated heterocycles. The molecule has 0 unspecified atom stereocenters. The molecule has 0 atom stereocenters. The molecule has 164 valence electrons. The number of hydrogen-bond donors (Lipinski definition) is 3. The van der Waals surface area contributed by atoms with Crippen LogP contribution in [0.5, 0.6) is 0 Å². The molecular formula is C25H27FN6. The quantitative estimate of drug-likeness (QED) is 0.229. The molecule has 0 saturated carbocycles. The molecule has 0 aromatic heterocycles. The highest BCUT2D eigenvalue weighted by Crippen LogP contribution is 2.23. The number of benzene rings is 3. The maximum Gasteiger partial charge on any atom is 0.148 e. The number of amidine groups is 1. The van der Waals surface area contributed by atoms with E-state index in [9.17, 15) is 4.39 Å². The fourth-order valence-electron chi connectivity index (χ4n) is 4.02. The van der Waals surface area contributed by atoms with Crippen molar-refractivity contribution in [1.82, 2.24) is 10.3 Å². The summed E-state index contributed by atoms with van der Waals surface area (Å²) in [5, 5.41) is 14.2. The average Bonchev–Trinajstić information content (AvgIpc) is 3.32. The van der Waals surface area contributed by atoms with Gasteiger partial charge in [-0.25, -0.2) is 4.39 Å². The van der Waals surface area contributed by atoms with Gasteiger partial charge in [0.2, 0.25) is 0 Å². The number of nitrogens with one attached hydrogen (secondary N) is 2. The molecule has 1 heterocycles. The number of nitrogens with zero attached hydrogens (tertiary/aromatic N) is 3. The molecular weight excluding hydrogens is 403 g/mol. The smallest absolute Gasteiger partial charge is 0.148 e. The first kappa shape index (κ1) is 21.6. The number of rotatable bonds is 7. The van der Waals surface area contributed by atoms with Crippen LogP contribution >= 0.6 is 0 Å². The average molecular weight is 431 g/mol. The molecule has 0 aliphatic carbocycles. The second-order valence-corrected chi connectivity index (χ2v) is 7.93. The number of aliphatic imine (C=N–C) groups is 1. The van der Waals surface area contributed by atoms with Gasteiger partial charge in [-0.15, -0.1) is 0 Å². The van der Waals surface area contributed by atoms with Crippen LogP contribution in [0.1, 0.15) is 29.5 Å². The van der Waals surface area contributed by atoms with E-state index in [4.69, 9.17) is 11.1 Å². The topological polar surface area (TPSA) is 89.9 Å². The van der Waals surface area contributed by atoms with E-state index < -0.39 is 0 Å². The fraction of sp³-hybridized carbons (Fsp3) is 0.240. The lowest BCUT2D eigenvalue weighted by Gasteiger charge is -2.14. The molecule has 0 amide bonds. The van der Waals surface area contributed by atoms with Gasteiger partial charge < -0.3 is 10.6 Å². The molecule has 6 nitrogen and oxygen atoms in total. The number of nitrogens with two attached hydrogens (primary N) is 1. The molecule has 4 rings (SSSR count). The minimum atomic E-state index is -0.280. The van der Waals surface area contributed by atoms with Gasteiger partial charge in [0.05, 0.1) is 12.3 Å². The summed E-state index contributed by atoms with van der Waals surface area (Å²) in [4.78, 5) is 7.08. The Morgan fingerprint density at radius 1 is 1.03 bits per heavy atom. The summed E-state index contributed by atoms with van der Waals surface area (Å²) in [7, 11) is 0. The van der Waals surface area contributed by atoms with Crippen molar-refractivity contribution >= 4 is 34.7 Å². The normalized spacial score (nSPS) is 14.6. The standard InChI is InChI=1S/C25H27FN6/c1-29-31-25(30-10-13-32-11-2-3-12-32)20-7-9-23(27)22(16-20)24(28)19-5-4-18-15-21(26)8-6-17(18)14-19/h4-9,14-16,28H,1-3,10-13,27H2,(H,30,31). The van der Waals surface area contributed by atoms with Gasteiger partial charge in [0.1, 0.15) is 11.7 Å². The Kier molecular flexibility index (Phi) is 6.56. The Balaban J connectivity index is 1.60. The fourth-order valence-corrected chi connectivity index (χ4v) is 4.02. The van der Waals surface area contributed by atoms with E-state index in [0.29, 0.717) is 34.9 Å². The zero-order chi connectivity index (χ0) is 22.5. The van der Waals surface area contributed by atoms with Crippen molar-refractivity contribution < 1.29 is 4.39 Å². The Morgan fingerprint density at radius 3 is 2.53 bits per heavy atom. The van der Waals surface area contributed by atoms with E-state index in [1.54, 1.807) is 12.1 Å². The highest BCUT2D eigenvalue weighted by atomic mass is 19.1. The van der Waals surface area contributed by atoms with Crippen LogP contribution < -0.4 is 11.2 Å². The highest BCUT2D eigenvalue weighted by molar-refractivity contribution is 6.16. The molecule has 1 fully saturated rings. The van der Waals surface area contributed by atoms with Crippen molar-refractivity contribution in [3.63, 3.8) is 0 Å². The monoisotopic (exact) mass is 430 g/mol. The number of hydrogen-bond acceptors (Lipinski definition) is 5. The molecule has 0 bridgehead atoms. The minimum Gasteiger partial charge on any atom is -0.398 e. The third-order valence-corrected chi connectivity index (χ3v) is 5.76. The summed E-state index contributed by atoms with van der Waals surface area (Å²) in [5.74, 6) is 0.319. The van der Waals surface area contributed by atoms with Gasteiger partial charge in [-0.1, -0.05) is 18.2 Å². The van der Waals surface area contributed by atoms with Gasteiger partial charge in [0, 0.05) is 35.6 Å². The summed E-state index contributed by atoms with van der Waals surface area (Å²) in [5.41, 5.74) is 12.0. The summed E-state index contributed by atoms with van der Waals surface area (Å²) < 4.78 is 13.5. The van der Waals surface area contributed by atoms with E-state index in [1.165, 1.54) is 25.0 Å². The zero-order valence-electron chi connectivity index (χ0n) is 17.9. The van der Waals surface area contributed by atoms with Crippen LogP contribution in [0.15, 0.2) is 64.7 Å². The molecule has 1 aliphatic rings. The van der Waals surface area contributed by atoms with Crippen molar-refractivity contribution in [2.75, 3.05) is 31.9 Å². The lowest BCUT2D eigenvalue weighted by atomic mass is 9.96. The lowest BCUT2D eigenvalue weighted by molar-refractivity contribution is 0.349. The molecule has 3 aromatic carbocycles. The summed E-state index contributed by atoms with van der Waals surface area (Å²) in [6.07, 6.45) is 2.49. The highest BCUT2D eigenvalue weighted by Gasteiger charge is 2.14. The van der Waals surface area contributed by atoms with Gasteiger partial charge in [0.25, 0.3) is 0 Å². The molecule has 0 radical (unpaired) electrons. The number of nitrogen functional groups attached to an aromatic ring is 1. The van der Waals surface area contributed by atoms with Crippen LogP contribution in [-0.2, 0) is 0 Å². The Labute approximate surface area is 187 Å². The second kappa shape index (κ2) is 9.70. The van der Waals surface area contributed by atoms with Gasteiger partial charge in [-0.3, -0.25) is 15.8 Å². The van der Waals surface area contributed by atoms with Crippen LogP contribution in [0.4, 0.5) is 10.1 Å². The lowest BCUT2D eigenvalue weighted by Crippen LogP contribution is -2.25. The molecule has 3 aromatic rings. The summed E-state index contributed by atoms with van der Waals surface area (Å²) in [6.45, 7) is 7.32. The third kappa shape index (κ3) is 4.84. The molecule has 4 N–H and O–H groups in total. The van der Waals surface area contributed by atoms with Crippen LogP contribution in [-0.4, -0.2) is 49.3 Å². The zero-order valence-corrected chi connectivity index (χ0v) is 17.9. The molecule has 0 spiro atoms. The van der Waals surface area contributed by atoms with Crippen molar-refractivity contribution in [3.8, 4) is 0 Å². The van der Waals surface area contributed by atoms with Crippen LogP contribution in [0.2, 0.25) is 0 Å². The van der Waals surface area contributed by atoms with E-state index in [1.807, 2.05) is 30.3 Å². The number of hydrazone groups is 1. The van der Waals surface area contributed by atoms with Gasteiger partial charge >= 0.3 is 0 Å². The number of anilines is 1. The van der Waals surface area contributed by atoms with Gasteiger partial charge in [-0.2, -0.15) is 5.10 Å². The first-order chi connectivity index (χ1) is 15.5. The predicted octanol–water partition coefficient (Wildman–Crippen LogP) is 4.02. The van der Waals surface area contributed by atoms with E-state index in [2.05, 4.69) is 27.1 Å².